The number of rotatable bonds is 5. The normalized spacial score (nSPS) is 14.2. The summed E-state index contributed by atoms with van der Waals surface area (Å²) in [5.41, 5.74) is 2.49. The van der Waals surface area contributed by atoms with Crippen LogP contribution in [0.25, 0.3) is 0 Å². The summed E-state index contributed by atoms with van der Waals surface area (Å²) in [7, 11) is 0. The second-order valence-corrected chi connectivity index (χ2v) is 6.48. The molecule has 0 aliphatic heterocycles. The molecule has 0 atom stereocenters. The number of hydrogen-bond donors (Lipinski definition) is 0. The standard InChI is InChI=1S/C17H19NOS/c1-13-9-10-20-16(13)12-18(17(19)15-7-8-15)11-14-5-3-2-4-6-14/h2-6,9-10,15H,7-8,11-12H2,1H3. The first-order valence-electron chi connectivity index (χ1n) is 7.09. The molecule has 1 aliphatic carbocycles. The number of carbonyl (C=O) groups excluding carboxylic acids is 1. The number of carbonyl (C=O) groups is 1. The van der Waals surface area contributed by atoms with Gasteiger partial charge in [-0.15, -0.1) is 11.3 Å². The van der Waals surface area contributed by atoms with Crippen LogP contribution in [-0.2, 0) is 17.9 Å². The Bertz CT molecular complexity index is 586. The van der Waals surface area contributed by atoms with E-state index in [0.717, 1.165) is 19.4 Å². The van der Waals surface area contributed by atoms with Crippen LogP contribution in [0.15, 0.2) is 41.8 Å². The van der Waals surface area contributed by atoms with Crippen LogP contribution in [0.5, 0.6) is 0 Å². The van der Waals surface area contributed by atoms with Crippen molar-refractivity contribution in [2.75, 3.05) is 0 Å². The second kappa shape index (κ2) is 5.80. The summed E-state index contributed by atoms with van der Waals surface area (Å²) in [6.07, 6.45) is 2.13. The molecule has 0 radical (unpaired) electrons. The predicted molar refractivity (Wildman–Crippen MR) is 82.5 cm³/mol. The van der Waals surface area contributed by atoms with E-state index in [9.17, 15) is 4.79 Å². The molecular weight excluding hydrogens is 266 g/mol. The van der Waals surface area contributed by atoms with Gasteiger partial charge in [0.15, 0.2) is 0 Å². The van der Waals surface area contributed by atoms with Crippen molar-refractivity contribution in [1.29, 1.82) is 0 Å². The van der Waals surface area contributed by atoms with Crippen LogP contribution in [0.1, 0.15) is 28.8 Å². The first-order valence-corrected chi connectivity index (χ1v) is 7.97. The highest BCUT2D eigenvalue weighted by Gasteiger charge is 2.33. The molecule has 0 saturated heterocycles. The minimum atomic E-state index is 0.277. The lowest BCUT2D eigenvalue weighted by atomic mass is 10.2. The summed E-state index contributed by atoms with van der Waals surface area (Å²) >= 11 is 1.74. The highest BCUT2D eigenvalue weighted by molar-refractivity contribution is 7.10. The van der Waals surface area contributed by atoms with Gasteiger partial charge in [0.1, 0.15) is 0 Å². The molecule has 0 N–H and O–H groups in total. The molecule has 3 rings (SSSR count). The van der Waals surface area contributed by atoms with Gasteiger partial charge in [0.05, 0.1) is 6.54 Å². The quantitative estimate of drug-likeness (QED) is 0.813. The summed E-state index contributed by atoms with van der Waals surface area (Å²) in [6, 6.07) is 12.4. The second-order valence-electron chi connectivity index (χ2n) is 5.48. The number of hydrogen-bond acceptors (Lipinski definition) is 2. The summed E-state index contributed by atoms with van der Waals surface area (Å²) in [5.74, 6) is 0.598. The molecule has 3 heteroatoms. The van der Waals surface area contributed by atoms with E-state index in [0.29, 0.717) is 12.5 Å². The molecule has 20 heavy (non-hydrogen) atoms. The van der Waals surface area contributed by atoms with Crippen molar-refractivity contribution in [3.63, 3.8) is 0 Å². The van der Waals surface area contributed by atoms with Crippen molar-refractivity contribution in [3.05, 3.63) is 57.8 Å². The first kappa shape index (κ1) is 13.4. The first-order chi connectivity index (χ1) is 9.74. The Hall–Kier alpha value is -1.61. The van der Waals surface area contributed by atoms with Gasteiger partial charge >= 0.3 is 0 Å². The van der Waals surface area contributed by atoms with E-state index in [1.165, 1.54) is 16.0 Å². The number of nitrogens with zero attached hydrogens (tertiary/aromatic N) is 1. The monoisotopic (exact) mass is 285 g/mol. The lowest BCUT2D eigenvalue weighted by Gasteiger charge is -2.23. The molecule has 0 bridgehead atoms. The average Bonchev–Trinajstić information content (AvgIpc) is 3.23. The van der Waals surface area contributed by atoms with Gasteiger partial charge in [0.2, 0.25) is 5.91 Å². The number of amides is 1. The fourth-order valence-corrected chi connectivity index (χ4v) is 3.26. The van der Waals surface area contributed by atoms with E-state index in [-0.39, 0.29) is 5.92 Å². The maximum atomic E-state index is 12.5. The van der Waals surface area contributed by atoms with Crippen LogP contribution in [0.3, 0.4) is 0 Å². The summed E-state index contributed by atoms with van der Waals surface area (Å²) < 4.78 is 0. The minimum absolute atomic E-state index is 0.277. The third-order valence-electron chi connectivity index (χ3n) is 3.76. The Kier molecular flexibility index (Phi) is 3.88. The van der Waals surface area contributed by atoms with Gasteiger partial charge in [-0.25, -0.2) is 0 Å². The van der Waals surface area contributed by atoms with Crippen LogP contribution in [0.4, 0.5) is 0 Å². The van der Waals surface area contributed by atoms with E-state index < -0.39 is 0 Å². The van der Waals surface area contributed by atoms with Gasteiger partial charge in [0, 0.05) is 17.3 Å². The van der Waals surface area contributed by atoms with E-state index in [1.807, 2.05) is 23.1 Å². The Balaban J connectivity index is 1.77. The Morgan fingerprint density at radius 1 is 1.20 bits per heavy atom. The van der Waals surface area contributed by atoms with Crippen LogP contribution in [-0.4, -0.2) is 10.8 Å². The predicted octanol–water partition coefficient (Wildman–Crippen LogP) is 4.00. The highest BCUT2D eigenvalue weighted by atomic mass is 32.1. The van der Waals surface area contributed by atoms with Crippen LogP contribution in [0, 0.1) is 12.8 Å². The molecule has 2 aromatic rings. The summed E-state index contributed by atoms with van der Waals surface area (Å²) in [6.45, 7) is 3.58. The molecule has 1 heterocycles. The highest BCUT2D eigenvalue weighted by Crippen LogP contribution is 2.32. The largest absolute Gasteiger partial charge is 0.333 e. The van der Waals surface area contributed by atoms with E-state index >= 15 is 0 Å². The van der Waals surface area contributed by atoms with Gasteiger partial charge in [-0.3, -0.25) is 4.79 Å². The van der Waals surface area contributed by atoms with Crippen LogP contribution >= 0.6 is 11.3 Å². The molecular formula is C17H19NOS. The Morgan fingerprint density at radius 2 is 1.95 bits per heavy atom. The van der Waals surface area contributed by atoms with Gasteiger partial charge in [0.25, 0.3) is 0 Å². The molecule has 1 amide bonds. The number of thiophene rings is 1. The Labute approximate surface area is 124 Å². The molecule has 1 aromatic heterocycles. The summed E-state index contributed by atoms with van der Waals surface area (Å²) in [5, 5.41) is 2.10. The lowest BCUT2D eigenvalue weighted by Crippen LogP contribution is -2.31. The zero-order valence-corrected chi connectivity index (χ0v) is 12.5. The molecule has 2 nitrogen and oxygen atoms in total. The number of aryl methyl sites for hydroxylation is 1. The van der Waals surface area contributed by atoms with Gasteiger partial charge in [-0.2, -0.15) is 0 Å². The fraction of sp³-hybridized carbons (Fsp3) is 0.353. The van der Waals surface area contributed by atoms with Gasteiger partial charge in [-0.1, -0.05) is 30.3 Å². The number of benzene rings is 1. The fourth-order valence-electron chi connectivity index (χ4n) is 2.34. The van der Waals surface area contributed by atoms with E-state index in [4.69, 9.17) is 0 Å². The zero-order valence-electron chi connectivity index (χ0n) is 11.7. The van der Waals surface area contributed by atoms with Crippen molar-refractivity contribution < 1.29 is 4.79 Å². The van der Waals surface area contributed by atoms with Gasteiger partial charge < -0.3 is 4.90 Å². The van der Waals surface area contributed by atoms with Crippen molar-refractivity contribution >= 4 is 17.2 Å². The molecule has 1 fully saturated rings. The van der Waals surface area contributed by atoms with Crippen LogP contribution < -0.4 is 0 Å². The minimum Gasteiger partial charge on any atom is -0.333 e. The summed E-state index contributed by atoms with van der Waals surface area (Å²) in [4.78, 5) is 15.8. The average molecular weight is 285 g/mol. The molecule has 1 aromatic carbocycles. The molecule has 1 aliphatic rings. The molecule has 1 saturated carbocycles. The van der Waals surface area contributed by atoms with Crippen molar-refractivity contribution in [2.45, 2.75) is 32.9 Å². The maximum Gasteiger partial charge on any atom is 0.226 e. The van der Waals surface area contributed by atoms with E-state index in [1.54, 1.807) is 11.3 Å². The van der Waals surface area contributed by atoms with Crippen molar-refractivity contribution in [3.8, 4) is 0 Å². The van der Waals surface area contributed by atoms with Crippen molar-refractivity contribution in [2.24, 2.45) is 5.92 Å². The molecule has 0 spiro atoms. The van der Waals surface area contributed by atoms with Gasteiger partial charge in [-0.05, 0) is 42.3 Å². The zero-order chi connectivity index (χ0) is 13.9. The smallest absolute Gasteiger partial charge is 0.226 e. The third-order valence-corrected chi connectivity index (χ3v) is 4.76. The SMILES string of the molecule is Cc1ccsc1CN(Cc1ccccc1)C(=O)C1CC1. The maximum absolute atomic E-state index is 12.5. The van der Waals surface area contributed by atoms with Crippen molar-refractivity contribution in [1.82, 2.24) is 4.90 Å². The van der Waals surface area contributed by atoms with E-state index in [2.05, 4.69) is 30.5 Å². The Morgan fingerprint density at radius 3 is 2.55 bits per heavy atom. The van der Waals surface area contributed by atoms with Crippen LogP contribution in [0.2, 0.25) is 0 Å². The molecule has 104 valence electrons. The third kappa shape index (κ3) is 3.10. The topological polar surface area (TPSA) is 20.3 Å². The lowest BCUT2D eigenvalue weighted by molar-refractivity contribution is -0.133. The molecule has 0 unspecified atom stereocenters.